The van der Waals surface area contributed by atoms with E-state index in [1.807, 2.05) is 48.9 Å². The Bertz CT molecular complexity index is 2940. The van der Waals surface area contributed by atoms with Crippen molar-refractivity contribution in [3.05, 3.63) is 210 Å². The summed E-state index contributed by atoms with van der Waals surface area (Å²) >= 11 is 0. The summed E-state index contributed by atoms with van der Waals surface area (Å²) in [7, 11) is 0. The van der Waals surface area contributed by atoms with Gasteiger partial charge in [0.2, 0.25) is 0 Å². The number of aromatic nitrogens is 3. The average Bonchev–Trinajstić information content (AvgIpc) is 3.85. The average molecular weight is 736 g/mol. The number of benzene rings is 6. The molecule has 6 aromatic carbocycles. The SMILES string of the molecule is C/C=C\c1c(/C=C\C)c(N)n(-c2ccc(-c3ccc(-n4c5ccccc5c5c6c(ccc54)C(c4ccccc4)(c4ccccc4)c4ccncc4-6)cc3)cc2)c1N. The Morgan fingerprint density at radius 2 is 1.07 bits per heavy atom. The first kappa shape index (κ1) is 34.1. The van der Waals surface area contributed by atoms with Gasteiger partial charge in [0.15, 0.2) is 0 Å². The molecule has 5 heteroatoms. The van der Waals surface area contributed by atoms with E-state index in [0.717, 1.165) is 44.7 Å². The van der Waals surface area contributed by atoms with Crippen molar-refractivity contribution in [2.45, 2.75) is 19.3 Å². The molecule has 0 fully saturated rings. The van der Waals surface area contributed by atoms with Crippen LogP contribution in [0.1, 0.15) is 47.2 Å². The molecule has 5 nitrogen and oxygen atoms in total. The fourth-order valence-electron chi connectivity index (χ4n) is 9.38. The topological polar surface area (TPSA) is 74.8 Å². The van der Waals surface area contributed by atoms with Crippen LogP contribution in [0.15, 0.2) is 176 Å². The first-order chi connectivity index (χ1) is 28.1. The Balaban J connectivity index is 1.11. The molecule has 3 aromatic heterocycles. The van der Waals surface area contributed by atoms with Crippen LogP contribution in [-0.4, -0.2) is 14.1 Å². The fourth-order valence-corrected chi connectivity index (χ4v) is 9.38. The highest BCUT2D eigenvalue weighted by atomic mass is 15.1. The number of pyridine rings is 1. The Morgan fingerprint density at radius 3 is 1.65 bits per heavy atom. The number of nitrogens with two attached hydrogens (primary N) is 2. The Hall–Kier alpha value is -7.37. The first-order valence-corrected chi connectivity index (χ1v) is 19.4. The molecular formula is C52H41N5. The van der Waals surface area contributed by atoms with Gasteiger partial charge < -0.3 is 16.0 Å². The molecule has 1 aliphatic carbocycles. The van der Waals surface area contributed by atoms with Crippen molar-refractivity contribution in [2.24, 2.45) is 0 Å². The lowest BCUT2D eigenvalue weighted by atomic mass is 9.68. The molecular weight excluding hydrogens is 695 g/mol. The molecule has 1 aliphatic rings. The maximum absolute atomic E-state index is 6.66. The molecule has 0 aliphatic heterocycles. The second-order valence-corrected chi connectivity index (χ2v) is 14.7. The van der Waals surface area contributed by atoms with Crippen molar-refractivity contribution in [1.29, 1.82) is 0 Å². The summed E-state index contributed by atoms with van der Waals surface area (Å²) in [6, 6.07) is 54.8. The minimum absolute atomic E-state index is 0.493. The molecule has 0 saturated carbocycles. The number of para-hydroxylation sites is 1. The Labute approximate surface area is 332 Å². The third-order valence-electron chi connectivity index (χ3n) is 11.7. The molecule has 10 rings (SSSR count). The quantitative estimate of drug-likeness (QED) is 0.171. The van der Waals surface area contributed by atoms with Crippen molar-refractivity contribution in [3.63, 3.8) is 0 Å². The molecule has 0 unspecified atom stereocenters. The maximum atomic E-state index is 6.66. The Kier molecular flexibility index (Phi) is 8.05. The standard InChI is InChI=1S/C52H41N5/c1-3-13-40-41(14-4-2)51(54)57(50(40)53)39-27-23-35(24-28-39)34-21-25-38(26-22-34)56-46-20-12-11-19-42(46)49-47(56)30-29-45-48(49)43-33-55-32-31-44(43)52(45,36-15-7-5-8-16-36)37-17-9-6-10-18-37/h3-33H,53-54H2,1-2H3/b13-3-,14-4-. The van der Waals surface area contributed by atoms with Crippen molar-refractivity contribution >= 4 is 45.6 Å². The van der Waals surface area contributed by atoms with Crippen LogP contribution in [0.3, 0.4) is 0 Å². The Morgan fingerprint density at radius 1 is 0.526 bits per heavy atom. The molecule has 0 bridgehead atoms. The number of anilines is 2. The van der Waals surface area contributed by atoms with Gasteiger partial charge in [0.25, 0.3) is 0 Å². The highest BCUT2D eigenvalue weighted by molar-refractivity contribution is 6.18. The van der Waals surface area contributed by atoms with Gasteiger partial charge >= 0.3 is 0 Å². The van der Waals surface area contributed by atoms with E-state index >= 15 is 0 Å². The molecule has 9 aromatic rings. The second-order valence-electron chi connectivity index (χ2n) is 14.7. The molecule has 3 heterocycles. The van der Waals surface area contributed by atoms with Gasteiger partial charge in [-0.2, -0.15) is 0 Å². The zero-order valence-corrected chi connectivity index (χ0v) is 31.9. The fraction of sp³-hybridized carbons (Fsp3) is 0.0577. The van der Waals surface area contributed by atoms with Gasteiger partial charge in [-0.05, 0) is 95.3 Å². The summed E-state index contributed by atoms with van der Waals surface area (Å²) in [6.07, 6.45) is 12.0. The second kappa shape index (κ2) is 13.4. The summed E-state index contributed by atoms with van der Waals surface area (Å²) in [5, 5.41) is 2.46. The molecule has 57 heavy (non-hydrogen) atoms. The van der Waals surface area contributed by atoms with Gasteiger partial charge in [-0.25, -0.2) is 0 Å². The van der Waals surface area contributed by atoms with Gasteiger partial charge in [-0.1, -0.05) is 133 Å². The lowest BCUT2D eigenvalue weighted by molar-refractivity contribution is 0.767. The largest absolute Gasteiger partial charge is 0.384 e. The third-order valence-corrected chi connectivity index (χ3v) is 11.7. The van der Waals surface area contributed by atoms with E-state index in [-0.39, 0.29) is 0 Å². The molecule has 0 atom stereocenters. The van der Waals surface area contributed by atoms with Gasteiger partial charge in [-0.15, -0.1) is 0 Å². The number of fused-ring (bicyclic) bond motifs is 7. The minimum atomic E-state index is -0.493. The molecule has 274 valence electrons. The van der Waals surface area contributed by atoms with Crippen molar-refractivity contribution in [2.75, 3.05) is 11.5 Å². The first-order valence-electron chi connectivity index (χ1n) is 19.4. The van der Waals surface area contributed by atoms with E-state index in [2.05, 4.69) is 162 Å². The van der Waals surface area contributed by atoms with Crippen LogP contribution >= 0.6 is 0 Å². The lowest BCUT2D eigenvalue weighted by Crippen LogP contribution is -2.28. The zero-order valence-electron chi connectivity index (χ0n) is 31.9. The summed E-state index contributed by atoms with van der Waals surface area (Å²) in [5.41, 5.74) is 28.7. The van der Waals surface area contributed by atoms with E-state index in [1.54, 1.807) is 0 Å². The van der Waals surface area contributed by atoms with E-state index in [0.29, 0.717) is 11.6 Å². The summed E-state index contributed by atoms with van der Waals surface area (Å²) in [4.78, 5) is 4.72. The summed E-state index contributed by atoms with van der Waals surface area (Å²) < 4.78 is 4.33. The van der Waals surface area contributed by atoms with Gasteiger partial charge in [0.1, 0.15) is 11.6 Å². The van der Waals surface area contributed by atoms with E-state index in [1.165, 1.54) is 44.2 Å². The van der Waals surface area contributed by atoms with Crippen molar-refractivity contribution < 1.29 is 0 Å². The van der Waals surface area contributed by atoms with E-state index in [4.69, 9.17) is 16.5 Å². The van der Waals surface area contributed by atoms with Crippen LogP contribution in [0, 0.1) is 0 Å². The molecule has 0 spiro atoms. The smallest absolute Gasteiger partial charge is 0.117 e. The van der Waals surface area contributed by atoms with Gasteiger partial charge in [0, 0.05) is 51.2 Å². The van der Waals surface area contributed by atoms with Crippen LogP contribution < -0.4 is 11.5 Å². The summed E-state index contributed by atoms with van der Waals surface area (Å²) in [6.45, 7) is 3.97. The number of nitrogens with zero attached hydrogens (tertiary/aromatic N) is 3. The maximum Gasteiger partial charge on any atom is 0.117 e. The number of allylic oxidation sites excluding steroid dienone is 2. The normalized spacial score (nSPS) is 13.2. The molecule has 0 amide bonds. The molecule has 0 radical (unpaired) electrons. The summed E-state index contributed by atoms with van der Waals surface area (Å²) in [5.74, 6) is 1.25. The predicted octanol–water partition coefficient (Wildman–Crippen LogP) is 12.2. The highest BCUT2D eigenvalue weighted by Crippen LogP contribution is 2.58. The minimum Gasteiger partial charge on any atom is -0.384 e. The van der Waals surface area contributed by atoms with Crippen LogP contribution in [0.5, 0.6) is 0 Å². The zero-order chi connectivity index (χ0) is 38.7. The number of rotatable bonds is 7. The van der Waals surface area contributed by atoms with Crippen LogP contribution in [0.25, 0.3) is 67.6 Å². The van der Waals surface area contributed by atoms with Crippen LogP contribution in [-0.2, 0) is 5.41 Å². The lowest BCUT2D eigenvalue weighted by Gasteiger charge is -2.33. The van der Waals surface area contributed by atoms with Crippen molar-refractivity contribution in [1.82, 2.24) is 14.1 Å². The molecule has 4 N–H and O–H groups in total. The van der Waals surface area contributed by atoms with Crippen LogP contribution in [0.4, 0.5) is 11.6 Å². The highest BCUT2D eigenvalue weighted by Gasteiger charge is 2.47. The number of hydrogen-bond acceptors (Lipinski definition) is 3. The predicted molar refractivity (Wildman–Crippen MR) is 239 cm³/mol. The van der Waals surface area contributed by atoms with E-state index < -0.39 is 5.41 Å². The van der Waals surface area contributed by atoms with Gasteiger partial charge in [0.05, 0.1) is 16.4 Å². The van der Waals surface area contributed by atoms with E-state index in [9.17, 15) is 0 Å². The monoisotopic (exact) mass is 735 g/mol. The number of nitrogen functional groups attached to an aromatic ring is 2. The molecule has 0 saturated heterocycles. The van der Waals surface area contributed by atoms with Crippen molar-refractivity contribution in [3.8, 4) is 33.6 Å². The number of hydrogen-bond donors (Lipinski definition) is 2. The third kappa shape index (κ3) is 4.99. The van der Waals surface area contributed by atoms with Crippen LogP contribution in [0.2, 0.25) is 0 Å². The van der Waals surface area contributed by atoms with Gasteiger partial charge in [-0.3, -0.25) is 9.55 Å².